The van der Waals surface area contributed by atoms with Gasteiger partial charge in [0, 0.05) is 28.7 Å². The molecule has 2 aromatic rings. The maximum Gasteiger partial charge on any atom is 0.244 e. The van der Waals surface area contributed by atoms with Crippen LogP contribution in [0.15, 0.2) is 36.4 Å². The smallest absolute Gasteiger partial charge is 0.244 e. The molecule has 0 aromatic heterocycles. The number of carbonyl (C=O) groups excluding carboxylic acids is 2. The van der Waals surface area contributed by atoms with Gasteiger partial charge < -0.3 is 10.2 Å². The second-order valence-corrected chi connectivity index (χ2v) is 11.9. The fraction of sp³-hybridized carbons (Fsp3) is 0.440. The number of hydrogen-bond acceptors (Lipinski definition) is 4. The third-order valence-electron chi connectivity index (χ3n) is 6.35. The number of hydrogen-bond donors (Lipinski definition) is 1. The topological polar surface area (TPSA) is 86.8 Å². The average molecular weight is 576 g/mol. The molecule has 1 saturated carbocycles. The van der Waals surface area contributed by atoms with Crippen molar-refractivity contribution < 1.29 is 26.8 Å². The van der Waals surface area contributed by atoms with Gasteiger partial charge >= 0.3 is 0 Å². The summed E-state index contributed by atoms with van der Waals surface area (Å²) in [7, 11) is -4.08. The third kappa shape index (κ3) is 7.78. The van der Waals surface area contributed by atoms with Crippen LogP contribution in [0.2, 0.25) is 10.0 Å². The predicted molar refractivity (Wildman–Crippen MR) is 140 cm³/mol. The lowest BCUT2D eigenvalue weighted by atomic mass is 9.95. The largest absolute Gasteiger partial charge is 0.352 e. The molecular weight excluding hydrogens is 547 g/mol. The van der Waals surface area contributed by atoms with Crippen molar-refractivity contribution >= 4 is 50.7 Å². The van der Waals surface area contributed by atoms with Crippen LogP contribution in [0.4, 0.5) is 14.5 Å². The molecule has 0 radical (unpaired) electrons. The van der Waals surface area contributed by atoms with Gasteiger partial charge in [-0.05, 0) is 49.6 Å². The molecule has 0 saturated heterocycles. The quantitative estimate of drug-likeness (QED) is 0.460. The zero-order valence-electron chi connectivity index (χ0n) is 20.5. The molecule has 1 fully saturated rings. The Kier molecular flexibility index (Phi) is 9.77. The van der Waals surface area contributed by atoms with E-state index in [1.54, 1.807) is 19.1 Å². The van der Waals surface area contributed by atoms with Gasteiger partial charge in [0.15, 0.2) is 11.6 Å². The normalized spacial score (nSPS) is 15.2. The summed E-state index contributed by atoms with van der Waals surface area (Å²) in [6.45, 7) is 0.696. The van der Waals surface area contributed by atoms with Crippen LogP contribution in [0.3, 0.4) is 0 Å². The zero-order valence-corrected chi connectivity index (χ0v) is 22.8. The molecule has 7 nitrogen and oxygen atoms in total. The summed E-state index contributed by atoms with van der Waals surface area (Å²) < 4.78 is 53.1. The SMILES string of the molecule is CC(C(=O)NC1CCCCC1)N(Cc1ccc(Cl)cc1Cl)C(=O)CN(c1ccc(F)c(F)c1)S(C)(=O)=O. The lowest BCUT2D eigenvalue weighted by Gasteiger charge is -2.33. The van der Waals surface area contributed by atoms with E-state index in [9.17, 15) is 26.8 Å². The number of carbonyl (C=O) groups is 2. The van der Waals surface area contributed by atoms with E-state index in [2.05, 4.69) is 5.32 Å². The highest BCUT2D eigenvalue weighted by atomic mass is 35.5. The molecule has 1 aliphatic rings. The highest BCUT2D eigenvalue weighted by Crippen LogP contribution is 2.25. The Morgan fingerprint density at radius 1 is 1.05 bits per heavy atom. The third-order valence-corrected chi connectivity index (χ3v) is 8.07. The van der Waals surface area contributed by atoms with Gasteiger partial charge in [0.2, 0.25) is 21.8 Å². The number of anilines is 1. The molecule has 2 aromatic carbocycles. The van der Waals surface area contributed by atoms with Crippen molar-refractivity contribution in [3.8, 4) is 0 Å². The van der Waals surface area contributed by atoms with E-state index >= 15 is 0 Å². The summed E-state index contributed by atoms with van der Waals surface area (Å²) in [5.41, 5.74) is 0.272. The monoisotopic (exact) mass is 575 g/mol. The fourth-order valence-electron chi connectivity index (χ4n) is 4.24. The molecule has 0 spiro atoms. The fourth-order valence-corrected chi connectivity index (χ4v) is 5.55. The van der Waals surface area contributed by atoms with Crippen LogP contribution in [-0.4, -0.2) is 50.0 Å². The van der Waals surface area contributed by atoms with Crippen LogP contribution in [0, 0.1) is 11.6 Å². The summed E-state index contributed by atoms with van der Waals surface area (Å²) >= 11 is 12.3. The highest BCUT2D eigenvalue weighted by Gasteiger charge is 2.31. The number of nitrogens with one attached hydrogen (secondary N) is 1. The van der Waals surface area contributed by atoms with Gasteiger partial charge in [0.1, 0.15) is 12.6 Å². The number of amides is 2. The minimum atomic E-state index is -4.08. The summed E-state index contributed by atoms with van der Waals surface area (Å²) in [5.74, 6) is -3.53. The molecule has 1 atom stereocenters. The Morgan fingerprint density at radius 3 is 2.32 bits per heavy atom. The van der Waals surface area contributed by atoms with E-state index in [-0.39, 0.29) is 29.2 Å². The molecule has 12 heteroatoms. The summed E-state index contributed by atoms with van der Waals surface area (Å²) in [5, 5.41) is 3.64. The molecule has 0 aliphatic heterocycles. The van der Waals surface area contributed by atoms with Crippen molar-refractivity contribution in [3.63, 3.8) is 0 Å². The zero-order chi connectivity index (χ0) is 27.3. The van der Waals surface area contributed by atoms with Gasteiger partial charge in [-0.2, -0.15) is 0 Å². The summed E-state index contributed by atoms with van der Waals surface area (Å²) in [4.78, 5) is 27.9. The number of benzene rings is 2. The highest BCUT2D eigenvalue weighted by molar-refractivity contribution is 7.92. The Labute approximate surface area is 225 Å². The molecule has 1 aliphatic carbocycles. The summed E-state index contributed by atoms with van der Waals surface area (Å²) in [6.07, 6.45) is 5.63. The van der Waals surface area contributed by atoms with Crippen LogP contribution in [0.5, 0.6) is 0 Å². The Bertz CT molecular complexity index is 1260. The maximum atomic E-state index is 13.9. The van der Waals surface area contributed by atoms with Crippen LogP contribution in [-0.2, 0) is 26.2 Å². The van der Waals surface area contributed by atoms with E-state index in [4.69, 9.17) is 23.2 Å². The molecule has 202 valence electrons. The molecule has 1 unspecified atom stereocenters. The average Bonchev–Trinajstić information content (AvgIpc) is 2.83. The molecule has 37 heavy (non-hydrogen) atoms. The Hall–Kier alpha value is -2.43. The first-order valence-corrected chi connectivity index (χ1v) is 14.4. The van der Waals surface area contributed by atoms with E-state index in [0.29, 0.717) is 21.0 Å². The van der Waals surface area contributed by atoms with Gasteiger partial charge in [-0.25, -0.2) is 17.2 Å². The number of halogens is 4. The van der Waals surface area contributed by atoms with E-state index in [1.165, 1.54) is 11.0 Å². The van der Waals surface area contributed by atoms with Crippen molar-refractivity contribution in [1.82, 2.24) is 10.2 Å². The van der Waals surface area contributed by atoms with Crippen molar-refractivity contribution in [1.29, 1.82) is 0 Å². The van der Waals surface area contributed by atoms with Crippen LogP contribution in [0.1, 0.15) is 44.6 Å². The van der Waals surface area contributed by atoms with E-state index < -0.39 is 40.2 Å². The van der Waals surface area contributed by atoms with Crippen molar-refractivity contribution in [2.45, 2.75) is 57.7 Å². The van der Waals surface area contributed by atoms with Crippen molar-refractivity contribution in [2.75, 3.05) is 17.1 Å². The van der Waals surface area contributed by atoms with Gasteiger partial charge in [-0.15, -0.1) is 0 Å². The Morgan fingerprint density at radius 2 is 1.73 bits per heavy atom. The Balaban J connectivity index is 1.91. The lowest BCUT2D eigenvalue weighted by Crippen LogP contribution is -2.53. The van der Waals surface area contributed by atoms with Crippen LogP contribution >= 0.6 is 23.2 Å². The standard InChI is InChI=1S/C25H29Cl2F2N3O4S/c1-16(25(34)30-19-6-4-3-5-7-19)31(14-17-8-9-18(26)12-21(17)27)24(33)15-32(37(2,35)36)20-10-11-22(28)23(29)13-20/h8-13,16,19H,3-7,14-15H2,1-2H3,(H,30,34). The van der Waals surface area contributed by atoms with Gasteiger partial charge in [0.25, 0.3) is 0 Å². The van der Waals surface area contributed by atoms with Gasteiger partial charge in [0.05, 0.1) is 11.9 Å². The lowest BCUT2D eigenvalue weighted by molar-refractivity contribution is -0.139. The minimum absolute atomic E-state index is 0.00511. The molecule has 0 heterocycles. The van der Waals surface area contributed by atoms with E-state index in [1.807, 2.05) is 0 Å². The second kappa shape index (κ2) is 12.4. The molecule has 1 N–H and O–H groups in total. The predicted octanol–water partition coefficient (Wildman–Crippen LogP) is 4.90. The van der Waals surface area contributed by atoms with Crippen molar-refractivity contribution in [2.24, 2.45) is 0 Å². The first kappa shape index (κ1) is 29.1. The number of sulfonamides is 1. The first-order chi connectivity index (χ1) is 17.4. The van der Waals surface area contributed by atoms with Crippen LogP contribution < -0.4 is 9.62 Å². The minimum Gasteiger partial charge on any atom is -0.352 e. The second-order valence-electron chi connectivity index (χ2n) is 9.14. The van der Waals surface area contributed by atoms with E-state index in [0.717, 1.165) is 50.5 Å². The number of rotatable bonds is 9. The molecular formula is C25H29Cl2F2N3O4S. The van der Waals surface area contributed by atoms with Gasteiger partial charge in [-0.3, -0.25) is 13.9 Å². The molecule has 3 rings (SSSR count). The van der Waals surface area contributed by atoms with Crippen LogP contribution in [0.25, 0.3) is 0 Å². The molecule has 2 amide bonds. The number of nitrogens with zero attached hydrogens (tertiary/aromatic N) is 2. The maximum absolute atomic E-state index is 13.9. The van der Waals surface area contributed by atoms with Gasteiger partial charge in [-0.1, -0.05) is 48.5 Å². The molecule has 0 bridgehead atoms. The summed E-state index contributed by atoms with van der Waals surface area (Å²) in [6, 6.07) is 6.25. The first-order valence-electron chi connectivity index (χ1n) is 11.8. The van der Waals surface area contributed by atoms with Crippen molar-refractivity contribution in [3.05, 3.63) is 63.6 Å².